The van der Waals surface area contributed by atoms with Gasteiger partial charge in [-0.15, -0.1) is 0 Å². The monoisotopic (exact) mass is 890 g/mol. The van der Waals surface area contributed by atoms with Gasteiger partial charge < -0.3 is 40.3 Å². The molecule has 1 aliphatic heterocycles. The molecule has 0 saturated carbocycles. The first-order chi connectivity index (χ1) is 29.4. The summed E-state index contributed by atoms with van der Waals surface area (Å²) < 4.78 is 47.5. The van der Waals surface area contributed by atoms with E-state index in [1.165, 1.54) is 122 Å². The van der Waals surface area contributed by atoms with E-state index in [2.05, 4.69) is 47.7 Å². The molecular formula is C47H87NO12S. The number of rotatable bonds is 40. The maximum absolute atomic E-state index is 13.1. The topological polar surface area (TPSA) is 212 Å². The van der Waals surface area contributed by atoms with Gasteiger partial charge in [0.05, 0.1) is 25.4 Å². The molecular weight excluding hydrogens is 803 g/mol. The zero-order valence-corrected chi connectivity index (χ0v) is 38.7. The van der Waals surface area contributed by atoms with E-state index >= 15 is 0 Å². The van der Waals surface area contributed by atoms with Crippen molar-refractivity contribution in [2.24, 2.45) is 0 Å². The first kappa shape index (κ1) is 57.3. The molecule has 1 rings (SSSR count). The van der Waals surface area contributed by atoms with Gasteiger partial charge in [0.2, 0.25) is 5.91 Å². The molecule has 1 heterocycles. The van der Waals surface area contributed by atoms with E-state index in [4.69, 9.17) is 9.47 Å². The average molecular weight is 890 g/mol. The van der Waals surface area contributed by atoms with Crippen LogP contribution in [-0.4, -0.2) is 107 Å². The molecule has 0 bridgehead atoms. The van der Waals surface area contributed by atoms with Gasteiger partial charge in [-0.3, -0.25) is 9.35 Å². The molecule has 7 N–H and O–H groups in total. The smallest absolute Gasteiger partial charge is 0.394 e. The summed E-state index contributed by atoms with van der Waals surface area (Å²) in [5, 5.41) is 55.2. The van der Waals surface area contributed by atoms with E-state index in [9.17, 15) is 43.3 Å². The Morgan fingerprint density at radius 2 is 1.10 bits per heavy atom. The predicted octanol–water partition coefficient (Wildman–Crippen LogP) is 8.47. The van der Waals surface area contributed by atoms with Crippen molar-refractivity contribution in [1.29, 1.82) is 0 Å². The number of aliphatic hydroxyl groups is 5. The lowest BCUT2D eigenvalue weighted by atomic mass is 9.99. The van der Waals surface area contributed by atoms with Crippen LogP contribution in [0.5, 0.6) is 0 Å². The van der Waals surface area contributed by atoms with E-state index in [0.29, 0.717) is 12.8 Å². The van der Waals surface area contributed by atoms with Crippen molar-refractivity contribution < 1.29 is 57.0 Å². The first-order valence-corrected chi connectivity index (χ1v) is 25.3. The second-order valence-corrected chi connectivity index (χ2v) is 17.9. The van der Waals surface area contributed by atoms with Crippen molar-refractivity contribution in [2.75, 3.05) is 13.2 Å². The lowest BCUT2D eigenvalue weighted by molar-refractivity contribution is -0.298. The molecule has 0 aromatic heterocycles. The van der Waals surface area contributed by atoms with E-state index in [0.717, 1.165) is 44.9 Å². The molecule has 0 aliphatic carbocycles. The summed E-state index contributed by atoms with van der Waals surface area (Å²) in [6.07, 6.45) is 32.3. The summed E-state index contributed by atoms with van der Waals surface area (Å²) in [5.74, 6) is -0.716. The number of ether oxygens (including phenoxy) is 2. The summed E-state index contributed by atoms with van der Waals surface area (Å²) in [5.41, 5.74) is 0. The third-order valence-electron chi connectivity index (χ3n) is 11.3. The second kappa shape index (κ2) is 37.6. The standard InChI is InChI=1S/C47H87NO12S/c1-3-5-7-9-11-13-15-17-18-19-20-21-22-24-25-27-29-31-33-35-40(50)39(38-58-47-44(53)45(60-61(55,56)57)43(52)42(37-49)59-47)48-46(54)41(51)36-34-32-30-28-26-23-16-14-12-10-8-6-4-2/h20-21,25,27,33,35,39-45,47,49-53H,3-19,22-24,26,28-32,34,36-38H2,1-2H3,(H,48,54)(H,55,56,57)/b21-20+,27-25+,35-33+. The van der Waals surface area contributed by atoms with Gasteiger partial charge in [0.1, 0.15) is 30.5 Å². The van der Waals surface area contributed by atoms with Crippen molar-refractivity contribution in [3.63, 3.8) is 0 Å². The Labute approximate surface area is 369 Å². The second-order valence-electron chi connectivity index (χ2n) is 16.8. The maximum Gasteiger partial charge on any atom is 0.397 e. The van der Waals surface area contributed by atoms with Crippen molar-refractivity contribution in [1.82, 2.24) is 5.32 Å². The van der Waals surface area contributed by atoms with Crippen LogP contribution >= 0.6 is 0 Å². The number of carbonyl (C=O) groups excluding carboxylic acids is 1. The third-order valence-corrected chi connectivity index (χ3v) is 11.7. The summed E-state index contributed by atoms with van der Waals surface area (Å²) >= 11 is 0. The summed E-state index contributed by atoms with van der Waals surface area (Å²) in [6.45, 7) is 3.19. The zero-order chi connectivity index (χ0) is 45.0. The fourth-order valence-electron chi connectivity index (χ4n) is 7.43. The van der Waals surface area contributed by atoms with Crippen molar-refractivity contribution in [3.8, 4) is 0 Å². The van der Waals surface area contributed by atoms with Crippen LogP contribution in [-0.2, 0) is 28.9 Å². The summed E-state index contributed by atoms with van der Waals surface area (Å²) in [7, 11) is -5.12. The SMILES string of the molecule is CCCCCCCCCCC/C=C/CC/C=C/CC/C=C/C(O)C(COC1OC(CO)C(O)C(OS(=O)(=O)O)C1O)NC(=O)C(O)CCCCCCCCCCCCCCC. The number of nitrogens with one attached hydrogen (secondary N) is 1. The Balaban J connectivity index is 2.61. The maximum atomic E-state index is 13.1. The van der Waals surface area contributed by atoms with Gasteiger partial charge in [-0.05, 0) is 44.9 Å². The fraction of sp³-hybridized carbons (Fsp3) is 0.851. The number of aliphatic hydroxyl groups excluding tert-OH is 5. The normalized spacial score (nSPS) is 21.5. The minimum absolute atomic E-state index is 0.236. The molecule has 14 heteroatoms. The van der Waals surface area contributed by atoms with Gasteiger partial charge >= 0.3 is 10.4 Å². The Hall–Kier alpha value is -1.72. The van der Waals surface area contributed by atoms with Crippen LogP contribution in [0.1, 0.15) is 194 Å². The highest BCUT2D eigenvalue weighted by atomic mass is 32.3. The molecule has 1 aliphatic rings. The van der Waals surface area contributed by atoms with Crippen molar-refractivity contribution >= 4 is 16.3 Å². The molecule has 8 unspecified atom stereocenters. The van der Waals surface area contributed by atoms with Gasteiger partial charge in [-0.1, -0.05) is 185 Å². The molecule has 1 fully saturated rings. The van der Waals surface area contributed by atoms with Crippen molar-refractivity contribution in [2.45, 2.75) is 243 Å². The molecule has 13 nitrogen and oxygen atoms in total. The highest BCUT2D eigenvalue weighted by molar-refractivity contribution is 7.80. The van der Waals surface area contributed by atoms with E-state index < -0.39 is 78.5 Å². The highest BCUT2D eigenvalue weighted by Crippen LogP contribution is 2.26. The minimum Gasteiger partial charge on any atom is -0.394 e. The molecule has 61 heavy (non-hydrogen) atoms. The molecule has 0 radical (unpaired) electrons. The van der Waals surface area contributed by atoms with Crippen LogP contribution in [0.4, 0.5) is 0 Å². The van der Waals surface area contributed by atoms with Gasteiger partial charge in [-0.2, -0.15) is 8.42 Å². The Kier molecular flexibility index (Phi) is 35.4. The van der Waals surface area contributed by atoms with Crippen LogP contribution in [0.15, 0.2) is 36.5 Å². The molecule has 0 aromatic rings. The number of allylic oxidation sites excluding steroid dienone is 5. The van der Waals surface area contributed by atoms with E-state index in [1.807, 2.05) is 0 Å². The number of amides is 1. The lowest BCUT2D eigenvalue weighted by Gasteiger charge is -2.41. The van der Waals surface area contributed by atoms with E-state index in [-0.39, 0.29) is 6.42 Å². The summed E-state index contributed by atoms with van der Waals surface area (Å²) in [4.78, 5) is 13.1. The fourth-order valence-corrected chi connectivity index (χ4v) is 7.94. The van der Waals surface area contributed by atoms with E-state index in [1.54, 1.807) is 6.08 Å². The third kappa shape index (κ3) is 30.1. The molecule has 0 aromatic carbocycles. The number of hydrogen-bond donors (Lipinski definition) is 7. The largest absolute Gasteiger partial charge is 0.397 e. The molecule has 358 valence electrons. The van der Waals surface area contributed by atoms with Gasteiger partial charge in [0, 0.05) is 0 Å². The molecule has 8 atom stereocenters. The number of unbranched alkanes of at least 4 members (excludes halogenated alkanes) is 23. The quantitative estimate of drug-likeness (QED) is 0.0175. The average Bonchev–Trinajstić information content (AvgIpc) is 3.23. The first-order valence-electron chi connectivity index (χ1n) is 24.0. The van der Waals surface area contributed by atoms with Gasteiger partial charge in [0.25, 0.3) is 0 Å². The Bertz CT molecular complexity index is 1250. The Morgan fingerprint density at radius 1 is 0.656 bits per heavy atom. The highest BCUT2D eigenvalue weighted by Gasteiger charge is 2.48. The predicted molar refractivity (Wildman–Crippen MR) is 242 cm³/mol. The zero-order valence-electron chi connectivity index (χ0n) is 37.8. The van der Waals surface area contributed by atoms with Crippen LogP contribution in [0, 0.1) is 0 Å². The van der Waals surface area contributed by atoms with Crippen LogP contribution in [0.25, 0.3) is 0 Å². The van der Waals surface area contributed by atoms with Gasteiger partial charge in [0.15, 0.2) is 6.29 Å². The Morgan fingerprint density at radius 3 is 1.57 bits per heavy atom. The van der Waals surface area contributed by atoms with Crippen molar-refractivity contribution in [3.05, 3.63) is 36.5 Å². The summed E-state index contributed by atoms with van der Waals surface area (Å²) in [6, 6.07) is -1.14. The minimum atomic E-state index is -5.12. The van der Waals surface area contributed by atoms with Crippen LogP contribution in [0.2, 0.25) is 0 Å². The molecule has 1 amide bonds. The molecule has 0 spiro atoms. The molecule has 1 saturated heterocycles. The van der Waals surface area contributed by atoms with Crippen LogP contribution < -0.4 is 5.32 Å². The van der Waals surface area contributed by atoms with Crippen LogP contribution in [0.3, 0.4) is 0 Å². The number of carbonyl (C=O) groups is 1. The van der Waals surface area contributed by atoms with Gasteiger partial charge in [-0.25, -0.2) is 4.18 Å². The number of hydrogen-bond acceptors (Lipinski definition) is 11. The lowest BCUT2D eigenvalue weighted by Crippen LogP contribution is -2.61.